The van der Waals surface area contributed by atoms with E-state index in [2.05, 4.69) is 16.9 Å². The number of aryl methyl sites for hydroxylation is 1. The highest BCUT2D eigenvalue weighted by Gasteiger charge is 2.38. The lowest BCUT2D eigenvalue weighted by atomic mass is 9.81. The van der Waals surface area contributed by atoms with Crippen molar-refractivity contribution in [2.75, 3.05) is 19.1 Å². The maximum Gasteiger partial charge on any atom is 0.421 e. The van der Waals surface area contributed by atoms with E-state index in [1.54, 1.807) is 30.2 Å². The van der Waals surface area contributed by atoms with Gasteiger partial charge in [0.15, 0.2) is 0 Å². The number of methoxy groups -OCH3 is 2. The fraction of sp³-hybridized carbons (Fsp3) is 0.500. The quantitative estimate of drug-likeness (QED) is 0.216. The van der Waals surface area contributed by atoms with Gasteiger partial charge in [0.05, 0.1) is 24.5 Å². The van der Waals surface area contributed by atoms with E-state index in [9.17, 15) is 22.8 Å². The van der Waals surface area contributed by atoms with Crippen LogP contribution in [0.25, 0.3) is 0 Å². The van der Waals surface area contributed by atoms with Gasteiger partial charge in [-0.25, -0.2) is 9.78 Å². The molecule has 0 aliphatic heterocycles. The molecule has 3 aromatic rings. The first-order valence-corrected chi connectivity index (χ1v) is 16.2. The van der Waals surface area contributed by atoms with Crippen LogP contribution >= 0.6 is 0 Å². The van der Waals surface area contributed by atoms with Crippen molar-refractivity contribution in [2.24, 2.45) is 11.8 Å². The summed E-state index contributed by atoms with van der Waals surface area (Å²) in [5.41, 5.74) is 1.04. The summed E-state index contributed by atoms with van der Waals surface area (Å²) in [6, 6.07) is 10.6. The highest BCUT2D eigenvalue weighted by molar-refractivity contribution is 6.04. The summed E-state index contributed by atoms with van der Waals surface area (Å²) in [7, 11) is 2.91. The monoisotopic (exact) mass is 653 g/mol. The predicted molar refractivity (Wildman–Crippen MR) is 171 cm³/mol. The Hall–Kier alpha value is -3.99. The van der Waals surface area contributed by atoms with Gasteiger partial charge in [-0.15, -0.1) is 0 Å². The molecule has 2 aromatic heterocycles. The second-order valence-electron chi connectivity index (χ2n) is 12.7. The largest absolute Gasteiger partial charge is 0.465 e. The molecule has 0 radical (unpaired) electrons. The molecule has 252 valence electrons. The molecule has 2 heterocycles. The minimum atomic E-state index is -4.76. The van der Waals surface area contributed by atoms with Gasteiger partial charge in [0.1, 0.15) is 11.3 Å². The van der Waals surface area contributed by atoms with Crippen LogP contribution in [0, 0.1) is 18.8 Å². The number of amides is 1. The fourth-order valence-corrected chi connectivity index (χ4v) is 6.70. The lowest BCUT2D eigenvalue weighted by Crippen LogP contribution is -2.47. The highest BCUT2D eigenvalue weighted by Crippen LogP contribution is 2.40. The molecular weight excluding hydrogens is 611 g/mol. The number of alkyl halides is 3. The number of esters is 1. The molecule has 0 spiro atoms. The van der Waals surface area contributed by atoms with E-state index < -0.39 is 23.6 Å². The van der Waals surface area contributed by atoms with Crippen molar-refractivity contribution in [3.8, 4) is 11.6 Å². The van der Waals surface area contributed by atoms with E-state index in [-0.39, 0.29) is 41.7 Å². The van der Waals surface area contributed by atoms with Gasteiger partial charge in [-0.1, -0.05) is 13.0 Å². The Kier molecular flexibility index (Phi) is 10.8. The van der Waals surface area contributed by atoms with Crippen LogP contribution in [-0.2, 0) is 26.9 Å². The summed E-state index contributed by atoms with van der Waals surface area (Å²) in [6.07, 6.45) is 3.17. The van der Waals surface area contributed by atoms with E-state index in [0.29, 0.717) is 35.7 Å². The van der Waals surface area contributed by atoms with Crippen LogP contribution in [0.1, 0.15) is 91.2 Å². The molecule has 11 heteroatoms. The van der Waals surface area contributed by atoms with Gasteiger partial charge in [-0.05, 0) is 106 Å². The number of benzene rings is 1. The molecule has 0 bridgehead atoms. The average molecular weight is 654 g/mol. The molecule has 8 nitrogen and oxygen atoms in total. The van der Waals surface area contributed by atoms with E-state index in [1.165, 1.54) is 25.4 Å². The molecule has 1 amide bonds. The molecule has 1 aromatic carbocycles. The number of carbonyl (C=O) groups is 2. The minimum Gasteiger partial charge on any atom is -0.465 e. The Balaban J connectivity index is 1.48. The second kappa shape index (κ2) is 14.8. The van der Waals surface area contributed by atoms with Crippen molar-refractivity contribution in [3.05, 3.63) is 76.7 Å². The van der Waals surface area contributed by atoms with E-state index in [0.717, 1.165) is 50.3 Å². The van der Waals surface area contributed by atoms with Gasteiger partial charge in [-0.3, -0.25) is 9.78 Å². The lowest BCUT2D eigenvalue weighted by Gasteiger charge is -2.40. The molecule has 0 unspecified atom stereocenters. The number of hydrogen-bond acceptors (Lipinski definition) is 7. The maximum absolute atomic E-state index is 14.3. The molecule has 47 heavy (non-hydrogen) atoms. The maximum atomic E-state index is 14.3. The fourth-order valence-electron chi connectivity index (χ4n) is 6.70. The number of anilines is 1. The predicted octanol–water partition coefficient (Wildman–Crippen LogP) is 8.09. The number of ether oxygens (including phenoxy) is 3. The van der Waals surface area contributed by atoms with Crippen LogP contribution in [-0.4, -0.2) is 48.2 Å². The van der Waals surface area contributed by atoms with Crippen LogP contribution in [0.3, 0.4) is 0 Å². The third-order valence-electron chi connectivity index (χ3n) is 9.34. The molecule has 0 saturated heterocycles. The number of aromatic nitrogens is 2. The number of carbonyl (C=O) groups excluding carboxylic acids is 2. The standard InChI is InChI=1S/C36H42F3N3O5/c1-22-8-10-25(11-9-22)34(43)42(27-12-14-28(45-3)15-13-27)32-17-16-29(20-30(32)35(44)46-4)47-33-31(36(37,38)39)19-24(21-40-33)18-26-7-5-6-23(2)41-26/h5-7,16-17,19-22,25,27-28H,8-15,18H2,1-4H3. The van der Waals surface area contributed by atoms with E-state index in [1.807, 2.05) is 13.0 Å². The van der Waals surface area contributed by atoms with Crippen LogP contribution in [0.15, 0.2) is 48.7 Å². The third kappa shape index (κ3) is 8.30. The minimum absolute atomic E-state index is 0.0343. The summed E-state index contributed by atoms with van der Waals surface area (Å²) < 4.78 is 59.1. The Morgan fingerprint density at radius 3 is 2.32 bits per heavy atom. The van der Waals surface area contributed by atoms with Crippen molar-refractivity contribution < 1.29 is 37.0 Å². The molecule has 5 rings (SSSR count). The number of halogens is 3. The first-order chi connectivity index (χ1) is 22.5. The normalized spacial score (nSPS) is 21.6. The van der Waals surface area contributed by atoms with Crippen LogP contribution in [0.4, 0.5) is 18.9 Å². The first-order valence-electron chi connectivity index (χ1n) is 16.2. The molecule has 0 N–H and O–H groups in total. The Morgan fingerprint density at radius 1 is 0.957 bits per heavy atom. The number of rotatable bonds is 9. The summed E-state index contributed by atoms with van der Waals surface area (Å²) in [5.74, 6) is -1.09. The van der Waals surface area contributed by atoms with Gasteiger partial charge in [-0.2, -0.15) is 13.2 Å². The Morgan fingerprint density at radius 2 is 1.68 bits per heavy atom. The van der Waals surface area contributed by atoms with Gasteiger partial charge in [0, 0.05) is 43.1 Å². The third-order valence-corrected chi connectivity index (χ3v) is 9.34. The number of nitrogens with zero attached hydrogens (tertiary/aromatic N) is 3. The van der Waals surface area contributed by atoms with Crippen LogP contribution in [0.5, 0.6) is 11.6 Å². The van der Waals surface area contributed by atoms with E-state index >= 15 is 0 Å². The highest BCUT2D eigenvalue weighted by atomic mass is 19.4. The van der Waals surface area contributed by atoms with Crippen LogP contribution in [0.2, 0.25) is 0 Å². The number of hydrogen-bond donors (Lipinski definition) is 0. The summed E-state index contributed by atoms with van der Waals surface area (Å²) in [4.78, 5) is 37.5. The van der Waals surface area contributed by atoms with Gasteiger partial charge in [0.2, 0.25) is 11.8 Å². The summed E-state index contributed by atoms with van der Waals surface area (Å²) in [5, 5.41) is 0. The Labute approximate surface area is 273 Å². The van der Waals surface area contributed by atoms with Crippen molar-refractivity contribution in [3.63, 3.8) is 0 Å². The molecular formula is C36H42F3N3O5. The van der Waals surface area contributed by atoms with Crippen molar-refractivity contribution in [1.82, 2.24) is 9.97 Å². The first kappa shape index (κ1) is 34.3. The Bertz CT molecular complexity index is 1560. The SMILES string of the molecule is COC(=O)c1cc(Oc2ncc(Cc3cccc(C)n3)cc2C(F)(F)F)ccc1N(C(=O)C1CCC(C)CC1)C1CCC(OC)CC1. The van der Waals surface area contributed by atoms with Gasteiger partial charge in [0.25, 0.3) is 0 Å². The average Bonchev–Trinajstić information content (AvgIpc) is 3.06. The number of pyridine rings is 2. The van der Waals surface area contributed by atoms with E-state index in [4.69, 9.17) is 14.2 Å². The molecule has 2 aliphatic rings. The zero-order chi connectivity index (χ0) is 33.7. The smallest absolute Gasteiger partial charge is 0.421 e. The van der Waals surface area contributed by atoms with Crippen molar-refractivity contribution >= 4 is 17.6 Å². The zero-order valence-electron chi connectivity index (χ0n) is 27.3. The van der Waals surface area contributed by atoms with Crippen molar-refractivity contribution in [2.45, 2.75) is 90.0 Å². The van der Waals surface area contributed by atoms with Crippen LogP contribution < -0.4 is 9.64 Å². The molecule has 2 aliphatic carbocycles. The van der Waals surface area contributed by atoms with Gasteiger partial charge < -0.3 is 19.1 Å². The van der Waals surface area contributed by atoms with Gasteiger partial charge >= 0.3 is 12.1 Å². The molecule has 2 saturated carbocycles. The van der Waals surface area contributed by atoms with Crippen molar-refractivity contribution in [1.29, 1.82) is 0 Å². The lowest BCUT2D eigenvalue weighted by molar-refractivity contribution is -0.139. The summed E-state index contributed by atoms with van der Waals surface area (Å²) >= 11 is 0. The topological polar surface area (TPSA) is 90.9 Å². The zero-order valence-corrected chi connectivity index (χ0v) is 27.3. The molecule has 0 atom stereocenters. The molecule has 2 fully saturated rings. The second-order valence-corrected chi connectivity index (χ2v) is 12.7. The summed E-state index contributed by atoms with van der Waals surface area (Å²) in [6.45, 7) is 4.00.